The molecule has 2 aliphatic rings. The van der Waals surface area contributed by atoms with E-state index in [0.717, 1.165) is 23.4 Å². The molecule has 1 aliphatic carbocycles. The van der Waals surface area contributed by atoms with Gasteiger partial charge < -0.3 is 5.32 Å². The Morgan fingerprint density at radius 1 is 1.04 bits per heavy atom. The van der Waals surface area contributed by atoms with E-state index in [-0.39, 0.29) is 5.25 Å². The van der Waals surface area contributed by atoms with Gasteiger partial charge in [0, 0.05) is 22.6 Å². The number of benzene rings is 2. The Kier molecular flexibility index (Phi) is 3.97. The maximum Gasteiger partial charge on any atom is 0.162 e. The topological polar surface area (TPSA) is 29.1 Å². The van der Waals surface area contributed by atoms with Crippen LogP contribution in [-0.2, 0) is 4.79 Å². The average molecular weight is 335 g/mol. The highest BCUT2D eigenvalue weighted by molar-refractivity contribution is 8.00. The van der Waals surface area contributed by atoms with Crippen LogP contribution in [0.3, 0.4) is 0 Å². The molecule has 2 aromatic carbocycles. The minimum atomic E-state index is 0.0664. The summed E-state index contributed by atoms with van der Waals surface area (Å²) in [6.45, 7) is 4.26. The number of carbonyl (C=O) groups is 1. The second kappa shape index (κ2) is 6.14. The van der Waals surface area contributed by atoms with Crippen molar-refractivity contribution in [2.75, 3.05) is 5.32 Å². The highest BCUT2D eigenvalue weighted by Crippen LogP contribution is 2.49. The fourth-order valence-corrected chi connectivity index (χ4v) is 4.89. The maximum atomic E-state index is 12.9. The SMILES string of the molecule is Cc1ccc([C@@H]2Sc3ccccc3NC3=C2C(=O)C[C@@H](C)C3)cc1. The molecule has 0 aromatic heterocycles. The lowest BCUT2D eigenvalue weighted by Gasteiger charge is -2.27. The molecule has 2 aromatic rings. The van der Waals surface area contributed by atoms with Gasteiger partial charge in [-0.25, -0.2) is 0 Å². The molecule has 2 atom stereocenters. The van der Waals surface area contributed by atoms with E-state index >= 15 is 0 Å². The van der Waals surface area contributed by atoms with Gasteiger partial charge in [-0.3, -0.25) is 4.79 Å². The molecule has 0 amide bonds. The summed E-state index contributed by atoms with van der Waals surface area (Å²) < 4.78 is 0. The summed E-state index contributed by atoms with van der Waals surface area (Å²) in [7, 11) is 0. The zero-order chi connectivity index (χ0) is 16.7. The largest absolute Gasteiger partial charge is 0.358 e. The molecule has 0 radical (unpaired) electrons. The number of thioether (sulfide) groups is 1. The van der Waals surface area contributed by atoms with Crippen molar-refractivity contribution in [3.63, 3.8) is 0 Å². The number of carbonyl (C=O) groups excluding carboxylic acids is 1. The Morgan fingerprint density at radius 2 is 1.79 bits per heavy atom. The first-order valence-electron chi connectivity index (χ1n) is 8.47. The molecule has 2 nitrogen and oxygen atoms in total. The first-order chi connectivity index (χ1) is 11.6. The van der Waals surface area contributed by atoms with Gasteiger partial charge in [-0.2, -0.15) is 0 Å². The first kappa shape index (κ1) is 15.5. The minimum Gasteiger partial charge on any atom is -0.358 e. The van der Waals surface area contributed by atoms with Crippen LogP contribution in [0.5, 0.6) is 0 Å². The number of anilines is 1. The summed E-state index contributed by atoms with van der Waals surface area (Å²) in [6.07, 6.45) is 1.60. The van der Waals surface area contributed by atoms with Crippen molar-refractivity contribution < 1.29 is 4.79 Å². The molecule has 122 valence electrons. The van der Waals surface area contributed by atoms with Crippen molar-refractivity contribution in [3.05, 3.63) is 70.9 Å². The van der Waals surface area contributed by atoms with E-state index < -0.39 is 0 Å². The van der Waals surface area contributed by atoms with E-state index in [0.29, 0.717) is 18.1 Å². The van der Waals surface area contributed by atoms with Crippen molar-refractivity contribution in [2.24, 2.45) is 5.92 Å². The van der Waals surface area contributed by atoms with Crippen LogP contribution in [0.25, 0.3) is 0 Å². The molecule has 0 spiro atoms. The van der Waals surface area contributed by atoms with Crippen LogP contribution in [0.4, 0.5) is 5.69 Å². The van der Waals surface area contributed by atoms with Crippen molar-refractivity contribution in [1.82, 2.24) is 0 Å². The number of para-hydroxylation sites is 1. The summed E-state index contributed by atoms with van der Waals surface area (Å²) in [4.78, 5) is 14.1. The number of aryl methyl sites for hydroxylation is 1. The Labute approximate surface area is 147 Å². The monoisotopic (exact) mass is 335 g/mol. The van der Waals surface area contributed by atoms with Gasteiger partial charge in [-0.05, 0) is 37.0 Å². The number of nitrogens with one attached hydrogen (secondary N) is 1. The van der Waals surface area contributed by atoms with Gasteiger partial charge in [-0.1, -0.05) is 48.9 Å². The van der Waals surface area contributed by atoms with Crippen LogP contribution >= 0.6 is 11.8 Å². The van der Waals surface area contributed by atoms with Crippen LogP contribution in [-0.4, -0.2) is 5.78 Å². The van der Waals surface area contributed by atoms with E-state index in [4.69, 9.17) is 0 Å². The summed E-state index contributed by atoms with van der Waals surface area (Å²) in [6, 6.07) is 17.0. The van der Waals surface area contributed by atoms with Crippen molar-refractivity contribution in [3.8, 4) is 0 Å². The van der Waals surface area contributed by atoms with Crippen LogP contribution in [0.1, 0.15) is 36.1 Å². The van der Waals surface area contributed by atoms with Crippen LogP contribution in [0.15, 0.2) is 64.7 Å². The predicted octanol–water partition coefficient (Wildman–Crippen LogP) is 5.51. The zero-order valence-corrected chi connectivity index (χ0v) is 14.8. The lowest BCUT2D eigenvalue weighted by Crippen LogP contribution is -2.23. The number of allylic oxidation sites excluding steroid dienone is 1. The van der Waals surface area contributed by atoms with E-state index in [1.165, 1.54) is 16.0 Å². The van der Waals surface area contributed by atoms with Gasteiger partial charge in [0.05, 0.1) is 10.9 Å². The number of ketones is 1. The number of hydrogen-bond donors (Lipinski definition) is 1. The number of fused-ring (bicyclic) bond motifs is 1. The van der Waals surface area contributed by atoms with Crippen molar-refractivity contribution in [1.29, 1.82) is 0 Å². The summed E-state index contributed by atoms with van der Waals surface area (Å²) in [5, 5.41) is 3.64. The molecule has 1 N–H and O–H groups in total. The molecular formula is C21H21NOS. The Balaban J connectivity index is 1.87. The van der Waals surface area contributed by atoms with Gasteiger partial charge >= 0.3 is 0 Å². The van der Waals surface area contributed by atoms with Crippen molar-refractivity contribution in [2.45, 2.75) is 36.8 Å². The molecule has 1 heterocycles. The second-order valence-corrected chi connectivity index (χ2v) is 8.01. The van der Waals surface area contributed by atoms with Crippen LogP contribution in [0.2, 0.25) is 0 Å². The van der Waals surface area contributed by atoms with E-state index in [2.05, 4.69) is 61.6 Å². The van der Waals surface area contributed by atoms with Gasteiger partial charge in [0.1, 0.15) is 0 Å². The Morgan fingerprint density at radius 3 is 2.58 bits per heavy atom. The molecular weight excluding hydrogens is 314 g/mol. The lowest BCUT2D eigenvalue weighted by atomic mass is 9.84. The fourth-order valence-electron chi connectivity index (χ4n) is 3.55. The van der Waals surface area contributed by atoms with Crippen LogP contribution in [0, 0.1) is 12.8 Å². The molecule has 0 saturated carbocycles. The third-order valence-corrected chi connectivity index (χ3v) is 6.13. The summed E-state index contributed by atoms with van der Waals surface area (Å²) in [5.41, 5.74) is 5.65. The quantitative estimate of drug-likeness (QED) is 0.745. The molecule has 0 saturated heterocycles. The number of Topliss-reactive ketones (excluding diaryl/α,β-unsaturated/α-hetero) is 1. The third-order valence-electron chi connectivity index (χ3n) is 4.77. The van der Waals surface area contributed by atoms with Gasteiger partial charge in [0.2, 0.25) is 0 Å². The molecule has 1 aliphatic heterocycles. The Hall–Kier alpha value is -2.00. The number of hydrogen-bond acceptors (Lipinski definition) is 3. The fraction of sp³-hybridized carbons (Fsp3) is 0.286. The second-order valence-electron chi connectivity index (χ2n) is 6.86. The molecule has 0 unspecified atom stereocenters. The van der Waals surface area contributed by atoms with Gasteiger partial charge in [-0.15, -0.1) is 11.8 Å². The molecule has 3 heteroatoms. The molecule has 4 rings (SSSR count). The highest BCUT2D eigenvalue weighted by Gasteiger charge is 2.34. The molecule has 24 heavy (non-hydrogen) atoms. The summed E-state index contributed by atoms with van der Waals surface area (Å²) in [5.74, 6) is 0.694. The minimum absolute atomic E-state index is 0.0664. The van der Waals surface area contributed by atoms with E-state index in [1.54, 1.807) is 11.8 Å². The number of rotatable bonds is 1. The predicted molar refractivity (Wildman–Crippen MR) is 100 cm³/mol. The highest BCUT2D eigenvalue weighted by atomic mass is 32.2. The summed E-state index contributed by atoms with van der Waals surface area (Å²) >= 11 is 1.79. The third kappa shape index (κ3) is 2.78. The standard InChI is InChI=1S/C21H21NOS/c1-13-7-9-15(10-8-13)21-20-17(11-14(2)12-18(20)23)22-16-5-3-4-6-19(16)24-21/h3-10,14,21-22H,11-12H2,1-2H3/t14-,21-/m0/s1. The van der Waals surface area contributed by atoms with Gasteiger partial charge in [0.25, 0.3) is 0 Å². The maximum absolute atomic E-state index is 12.9. The smallest absolute Gasteiger partial charge is 0.162 e. The van der Waals surface area contributed by atoms with E-state index in [1.807, 2.05) is 6.07 Å². The normalized spacial score (nSPS) is 23.2. The van der Waals surface area contributed by atoms with Crippen LogP contribution < -0.4 is 5.32 Å². The average Bonchev–Trinajstić information content (AvgIpc) is 2.72. The van der Waals surface area contributed by atoms with Crippen molar-refractivity contribution >= 4 is 23.2 Å². The lowest BCUT2D eigenvalue weighted by molar-refractivity contribution is -0.116. The first-order valence-corrected chi connectivity index (χ1v) is 9.35. The molecule has 0 fully saturated rings. The molecule has 0 bridgehead atoms. The Bertz CT molecular complexity index is 822. The van der Waals surface area contributed by atoms with E-state index in [9.17, 15) is 4.79 Å². The zero-order valence-electron chi connectivity index (χ0n) is 14.0. The van der Waals surface area contributed by atoms with Gasteiger partial charge in [0.15, 0.2) is 5.78 Å².